The van der Waals surface area contributed by atoms with Crippen LogP contribution in [0, 0.1) is 5.92 Å². The number of methoxy groups -OCH3 is 1. The predicted molar refractivity (Wildman–Crippen MR) is 59.7 cm³/mol. The molecule has 1 atom stereocenters. The van der Waals surface area contributed by atoms with Crippen LogP contribution in [-0.2, 0) is 9.53 Å². The monoisotopic (exact) mass is 214 g/mol. The summed E-state index contributed by atoms with van der Waals surface area (Å²) in [4.78, 5) is 13.9. The van der Waals surface area contributed by atoms with Crippen molar-refractivity contribution in [2.75, 3.05) is 33.4 Å². The Morgan fingerprint density at radius 1 is 1.60 bits per heavy atom. The van der Waals surface area contributed by atoms with Crippen molar-refractivity contribution < 1.29 is 9.53 Å². The lowest BCUT2D eigenvalue weighted by molar-refractivity contribution is -0.136. The van der Waals surface area contributed by atoms with Crippen LogP contribution in [0.1, 0.15) is 20.3 Å². The molecule has 0 radical (unpaired) electrons. The van der Waals surface area contributed by atoms with Crippen LogP contribution < -0.4 is 5.32 Å². The minimum atomic E-state index is 0.219. The molecule has 1 aliphatic heterocycles. The van der Waals surface area contributed by atoms with Gasteiger partial charge in [0, 0.05) is 32.8 Å². The van der Waals surface area contributed by atoms with Crippen molar-refractivity contribution in [1.29, 1.82) is 0 Å². The van der Waals surface area contributed by atoms with E-state index in [1.54, 1.807) is 7.11 Å². The highest BCUT2D eigenvalue weighted by Gasteiger charge is 2.28. The maximum Gasteiger partial charge on any atom is 0.225 e. The molecule has 1 saturated heterocycles. The third-order valence-electron chi connectivity index (χ3n) is 2.89. The van der Waals surface area contributed by atoms with Gasteiger partial charge in [-0.3, -0.25) is 4.79 Å². The van der Waals surface area contributed by atoms with Gasteiger partial charge in [0.25, 0.3) is 0 Å². The molecule has 1 N–H and O–H groups in total. The molecule has 1 fully saturated rings. The maximum absolute atomic E-state index is 11.9. The van der Waals surface area contributed by atoms with Gasteiger partial charge in [-0.15, -0.1) is 0 Å². The topological polar surface area (TPSA) is 41.6 Å². The molecule has 0 aliphatic carbocycles. The number of nitrogens with zero attached hydrogens (tertiary/aromatic N) is 1. The summed E-state index contributed by atoms with van der Waals surface area (Å²) < 4.78 is 4.94. The van der Waals surface area contributed by atoms with Crippen LogP contribution in [0.4, 0.5) is 0 Å². The van der Waals surface area contributed by atoms with E-state index in [0.717, 1.165) is 19.6 Å². The molecule has 1 heterocycles. The minimum absolute atomic E-state index is 0.219. The second-order valence-corrected chi connectivity index (χ2v) is 4.35. The fraction of sp³-hybridized carbons (Fsp3) is 0.909. The number of piperazine rings is 1. The number of amides is 1. The van der Waals surface area contributed by atoms with Gasteiger partial charge in [-0.1, -0.05) is 13.8 Å². The van der Waals surface area contributed by atoms with Crippen molar-refractivity contribution in [1.82, 2.24) is 10.2 Å². The summed E-state index contributed by atoms with van der Waals surface area (Å²) in [7, 11) is 1.63. The van der Waals surface area contributed by atoms with Crippen LogP contribution in [-0.4, -0.2) is 50.2 Å². The fourth-order valence-electron chi connectivity index (χ4n) is 1.96. The molecule has 1 amide bonds. The highest BCUT2D eigenvalue weighted by Crippen LogP contribution is 2.13. The van der Waals surface area contributed by atoms with Crippen molar-refractivity contribution in [3.05, 3.63) is 0 Å². The Hall–Kier alpha value is -0.610. The molecule has 4 heteroatoms. The zero-order valence-electron chi connectivity index (χ0n) is 9.95. The van der Waals surface area contributed by atoms with Crippen LogP contribution in [0.3, 0.4) is 0 Å². The zero-order valence-corrected chi connectivity index (χ0v) is 9.95. The molecule has 1 aliphatic rings. The fourth-order valence-corrected chi connectivity index (χ4v) is 1.96. The number of carbonyl (C=O) groups is 1. The Morgan fingerprint density at radius 2 is 2.33 bits per heavy atom. The molecular formula is C11H22N2O2. The van der Waals surface area contributed by atoms with Crippen molar-refractivity contribution in [2.45, 2.75) is 26.3 Å². The molecule has 0 aromatic heterocycles. The van der Waals surface area contributed by atoms with Gasteiger partial charge in [0.1, 0.15) is 0 Å². The first-order valence-electron chi connectivity index (χ1n) is 5.66. The second-order valence-electron chi connectivity index (χ2n) is 4.35. The van der Waals surface area contributed by atoms with Crippen LogP contribution in [0.25, 0.3) is 0 Å². The summed E-state index contributed by atoms with van der Waals surface area (Å²) in [6, 6.07) is 0.336. The van der Waals surface area contributed by atoms with Gasteiger partial charge < -0.3 is 15.0 Å². The quantitative estimate of drug-likeness (QED) is 0.740. The van der Waals surface area contributed by atoms with E-state index in [1.807, 2.05) is 4.90 Å². The van der Waals surface area contributed by atoms with E-state index in [9.17, 15) is 4.79 Å². The van der Waals surface area contributed by atoms with E-state index in [-0.39, 0.29) is 5.91 Å². The molecule has 88 valence electrons. The third-order valence-corrected chi connectivity index (χ3v) is 2.89. The van der Waals surface area contributed by atoms with E-state index < -0.39 is 0 Å². The van der Waals surface area contributed by atoms with Crippen molar-refractivity contribution in [3.63, 3.8) is 0 Å². The van der Waals surface area contributed by atoms with Gasteiger partial charge in [0.05, 0.1) is 13.0 Å². The smallest absolute Gasteiger partial charge is 0.225 e. The molecule has 15 heavy (non-hydrogen) atoms. The lowest BCUT2D eigenvalue weighted by atomic mass is 10.0. The number of hydrogen-bond acceptors (Lipinski definition) is 3. The standard InChI is InChI=1S/C11H22N2O2/c1-9(2)10-8-12-5-6-13(10)11(14)4-7-15-3/h9-10,12H,4-8H2,1-3H3. The van der Waals surface area contributed by atoms with Gasteiger partial charge in [-0.2, -0.15) is 0 Å². The summed E-state index contributed by atoms with van der Waals surface area (Å²) in [6.07, 6.45) is 0.500. The molecule has 4 nitrogen and oxygen atoms in total. The van der Waals surface area contributed by atoms with Crippen molar-refractivity contribution in [2.24, 2.45) is 5.92 Å². The summed E-state index contributed by atoms with van der Waals surface area (Å²) in [5, 5.41) is 3.33. The normalized spacial score (nSPS) is 22.1. The average Bonchev–Trinajstić information content (AvgIpc) is 2.25. The Labute approximate surface area is 92.0 Å². The largest absolute Gasteiger partial charge is 0.384 e. The molecule has 0 bridgehead atoms. The van der Waals surface area contributed by atoms with Gasteiger partial charge in [0.15, 0.2) is 0 Å². The van der Waals surface area contributed by atoms with Gasteiger partial charge in [0.2, 0.25) is 5.91 Å². The van der Waals surface area contributed by atoms with Crippen molar-refractivity contribution >= 4 is 5.91 Å². The number of hydrogen-bond donors (Lipinski definition) is 1. The summed E-state index contributed by atoms with van der Waals surface area (Å²) in [5.41, 5.74) is 0. The van der Waals surface area contributed by atoms with E-state index >= 15 is 0 Å². The number of rotatable bonds is 4. The SMILES string of the molecule is COCCC(=O)N1CCNCC1C(C)C. The third kappa shape index (κ3) is 3.47. The predicted octanol–water partition coefficient (Wildman–Crippen LogP) is 0.479. The highest BCUT2D eigenvalue weighted by atomic mass is 16.5. The first-order valence-corrected chi connectivity index (χ1v) is 5.66. The van der Waals surface area contributed by atoms with Crippen molar-refractivity contribution in [3.8, 4) is 0 Å². The Bertz CT molecular complexity index is 207. The summed E-state index contributed by atoms with van der Waals surface area (Å²) in [5.74, 6) is 0.723. The van der Waals surface area contributed by atoms with E-state index in [0.29, 0.717) is 25.0 Å². The number of carbonyl (C=O) groups excluding carboxylic acids is 1. The van der Waals surface area contributed by atoms with E-state index in [2.05, 4.69) is 19.2 Å². The van der Waals surface area contributed by atoms with Crippen LogP contribution in [0.5, 0.6) is 0 Å². The van der Waals surface area contributed by atoms with Gasteiger partial charge in [-0.25, -0.2) is 0 Å². The first-order chi connectivity index (χ1) is 7.16. The highest BCUT2D eigenvalue weighted by molar-refractivity contribution is 5.76. The molecule has 0 aromatic carbocycles. The maximum atomic E-state index is 11.9. The molecule has 0 aromatic rings. The zero-order chi connectivity index (χ0) is 11.3. The lowest BCUT2D eigenvalue weighted by Gasteiger charge is -2.38. The Kier molecular flexibility index (Phi) is 5.05. The Morgan fingerprint density at radius 3 is 2.93 bits per heavy atom. The lowest BCUT2D eigenvalue weighted by Crippen LogP contribution is -2.55. The number of nitrogens with one attached hydrogen (secondary N) is 1. The van der Waals surface area contributed by atoms with Crippen LogP contribution in [0.15, 0.2) is 0 Å². The number of ether oxygens (including phenoxy) is 1. The molecule has 1 rings (SSSR count). The average molecular weight is 214 g/mol. The summed E-state index contributed by atoms with van der Waals surface area (Å²) >= 11 is 0. The minimum Gasteiger partial charge on any atom is -0.384 e. The molecule has 1 unspecified atom stereocenters. The second kappa shape index (κ2) is 6.08. The van der Waals surface area contributed by atoms with E-state index in [4.69, 9.17) is 4.74 Å². The van der Waals surface area contributed by atoms with Crippen LogP contribution >= 0.6 is 0 Å². The molecule has 0 spiro atoms. The van der Waals surface area contributed by atoms with Gasteiger partial charge >= 0.3 is 0 Å². The van der Waals surface area contributed by atoms with E-state index in [1.165, 1.54) is 0 Å². The van der Waals surface area contributed by atoms with Gasteiger partial charge in [-0.05, 0) is 5.92 Å². The first kappa shape index (κ1) is 12.5. The molecular weight excluding hydrogens is 192 g/mol. The molecule has 0 saturated carbocycles. The van der Waals surface area contributed by atoms with Crippen LogP contribution in [0.2, 0.25) is 0 Å². The Balaban J connectivity index is 2.51. The summed E-state index contributed by atoms with van der Waals surface area (Å²) in [6.45, 7) is 7.49.